The van der Waals surface area contributed by atoms with E-state index in [1.54, 1.807) is 24.4 Å². The van der Waals surface area contributed by atoms with Gasteiger partial charge in [0.2, 0.25) is 5.91 Å². The Kier molecular flexibility index (Phi) is 4.80. The first-order chi connectivity index (χ1) is 16.9. The number of urea groups is 1. The van der Waals surface area contributed by atoms with E-state index in [0.29, 0.717) is 48.0 Å². The molecule has 3 heterocycles. The lowest BCUT2D eigenvalue weighted by Crippen LogP contribution is -2.34. The lowest BCUT2D eigenvalue weighted by molar-refractivity contribution is -0.116. The number of nitrogens with one attached hydrogen (secondary N) is 3. The Balaban J connectivity index is 1.15. The first-order valence-corrected chi connectivity index (χ1v) is 10.9. The molecule has 11 heteroatoms. The SMILES string of the molecule is O=C1CCc2c(Oc3ccc4c(c3)C3C(NC(=O)Nc5cc(F)c(F)cc5F)C3O4)ccnc2N1. The number of rotatable bonds is 4. The van der Waals surface area contributed by atoms with E-state index in [0.717, 1.165) is 11.1 Å². The number of carbonyl (C=O) groups is 2. The molecule has 0 radical (unpaired) electrons. The number of hydrogen-bond acceptors (Lipinski definition) is 5. The lowest BCUT2D eigenvalue weighted by Gasteiger charge is -2.19. The van der Waals surface area contributed by atoms with E-state index in [9.17, 15) is 22.8 Å². The Labute approximate surface area is 196 Å². The molecule has 0 saturated heterocycles. The van der Waals surface area contributed by atoms with Crippen molar-refractivity contribution in [3.8, 4) is 17.2 Å². The molecular formula is C24H17F3N4O4. The zero-order valence-electron chi connectivity index (χ0n) is 17.9. The molecule has 3 amide bonds. The van der Waals surface area contributed by atoms with Crippen LogP contribution in [0.25, 0.3) is 0 Å². The van der Waals surface area contributed by atoms with E-state index in [1.807, 2.05) is 6.07 Å². The molecule has 6 rings (SSSR count). The molecule has 1 fully saturated rings. The number of pyridine rings is 1. The van der Waals surface area contributed by atoms with E-state index in [1.165, 1.54) is 0 Å². The molecule has 3 atom stereocenters. The zero-order valence-corrected chi connectivity index (χ0v) is 17.9. The highest BCUT2D eigenvalue weighted by Gasteiger charge is 2.59. The standard InChI is InChI=1S/C24H17F3N4O4/c25-13-8-15(27)16(9-14(13)26)29-24(33)31-21-20-12-7-10(1-3-17(12)35-22(20)21)34-18-5-6-28-23-11(18)2-4-19(32)30-23/h1,3,5-9,20-22H,2,4H2,(H,28,30,32)(H2,29,31,33). The van der Waals surface area contributed by atoms with Gasteiger partial charge in [0.15, 0.2) is 11.6 Å². The molecule has 1 saturated carbocycles. The highest BCUT2D eigenvalue weighted by Crippen LogP contribution is 2.54. The molecule has 2 aliphatic heterocycles. The highest BCUT2D eigenvalue weighted by molar-refractivity contribution is 5.93. The highest BCUT2D eigenvalue weighted by atomic mass is 19.2. The van der Waals surface area contributed by atoms with Crippen LogP contribution in [0.1, 0.15) is 23.5 Å². The van der Waals surface area contributed by atoms with Crippen LogP contribution >= 0.6 is 0 Å². The molecule has 3 aromatic rings. The predicted octanol–water partition coefficient (Wildman–Crippen LogP) is 4.22. The van der Waals surface area contributed by atoms with Crippen LogP contribution in [0.2, 0.25) is 0 Å². The summed E-state index contributed by atoms with van der Waals surface area (Å²) in [5.74, 6) is -1.64. The normalized spacial score (nSPS) is 21.1. The van der Waals surface area contributed by atoms with Gasteiger partial charge in [0.05, 0.1) is 17.6 Å². The van der Waals surface area contributed by atoms with Crippen molar-refractivity contribution >= 4 is 23.4 Å². The summed E-state index contributed by atoms with van der Waals surface area (Å²) in [4.78, 5) is 28.1. The number of halogens is 3. The molecule has 1 aromatic heterocycles. The van der Waals surface area contributed by atoms with Crippen LogP contribution in [-0.2, 0) is 11.2 Å². The van der Waals surface area contributed by atoms with Crippen LogP contribution < -0.4 is 25.4 Å². The third-order valence-electron chi connectivity index (χ3n) is 6.21. The molecule has 3 N–H and O–H groups in total. The summed E-state index contributed by atoms with van der Waals surface area (Å²) in [6, 6.07) is 6.89. The van der Waals surface area contributed by atoms with Gasteiger partial charge in [0.1, 0.15) is 35.0 Å². The maximum atomic E-state index is 13.8. The van der Waals surface area contributed by atoms with E-state index in [4.69, 9.17) is 9.47 Å². The van der Waals surface area contributed by atoms with Gasteiger partial charge in [0.25, 0.3) is 0 Å². The largest absolute Gasteiger partial charge is 0.487 e. The molecule has 2 aromatic carbocycles. The minimum Gasteiger partial charge on any atom is -0.487 e. The molecular weight excluding hydrogens is 465 g/mol. The summed E-state index contributed by atoms with van der Waals surface area (Å²) in [5, 5.41) is 7.60. The molecule has 3 unspecified atom stereocenters. The van der Waals surface area contributed by atoms with Crippen LogP contribution in [-0.4, -0.2) is 29.1 Å². The molecule has 1 aliphatic carbocycles. The van der Waals surface area contributed by atoms with Crippen molar-refractivity contribution in [3.63, 3.8) is 0 Å². The number of anilines is 2. The van der Waals surface area contributed by atoms with E-state index < -0.39 is 29.2 Å². The van der Waals surface area contributed by atoms with Gasteiger partial charge < -0.3 is 25.4 Å². The summed E-state index contributed by atoms with van der Waals surface area (Å²) in [6.07, 6.45) is 2.12. The van der Waals surface area contributed by atoms with Crippen LogP contribution in [0.3, 0.4) is 0 Å². The fourth-order valence-electron chi connectivity index (χ4n) is 4.48. The van der Waals surface area contributed by atoms with Gasteiger partial charge in [-0.15, -0.1) is 0 Å². The Morgan fingerprint density at radius 2 is 1.91 bits per heavy atom. The summed E-state index contributed by atoms with van der Waals surface area (Å²) in [7, 11) is 0. The fourth-order valence-corrected chi connectivity index (χ4v) is 4.48. The van der Waals surface area contributed by atoms with E-state index in [2.05, 4.69) is 20.9 Å². The summed E-state index contributed by atoms with van der Waals surface area (Å²) in [5.41, 5.74) is 1.18. The predicted molar refractivity (Wildman–Crippen MR) is 117 cm³/mol. The maximum absolute atomic E-state index is 13.8. The van der Waals surface area contributed by atoms with Crippen molar-refractivity contribution in [1.29, 1.82) is 0 Å². The molecule has 8 nitrogen and oxygen atoms in total. The van der Waals surface area contributed by atoms with Crippen LogP contribution in [0.15, 0.2) is 42.6 Å². The van der Waals surface area contributed by atoms with Crippen molar-refractivity contribution in [2.24, 2.45) is 0 Å². The van der Waals surface area contributed by atoms with Crippen LogP contribution in [0.4, 0.5) is 29.5 Å². The fraction of sp³-hybridized carbons (Fsp3) is 0.208. The van der Waals surface area contributed by atoms with Crippen molar-refractivity contribution in [3.05, 3.63) is 71.2 Å². The van der Waals surface area contributed by atoms with Crippen molar-refractivity contribution in [1.82, 2.24) is 10.3 Å². The van der Waals surface area contributed by atoms with Gasteiger partial charge in [-0.25, -0.2) is 22.9 Å². The number of nitrogens with zero attached hydrogens (tertiary/aromatic N) is 1. The number of carbonyl (C=O) groups excluding carboxylic acids is 2. The third-order valence-corrected chi connectivity index (χ3v) is 6.21. The minimum atomic E-state index is -1.34. The van der Waals surface area contributed by atoms with Gasteiger partial charge in [-0.3, -0.25) is 4.79 Å². The quantitative estimate of drug-likeness (QED) is 0.484. The van der Waals surface area contributed by atoms with E-state index >= 15 is 0 Å². The number of ether oxygens (including phenoxy) is 2. The third kappa shape index (κ3) is 3.78. The monoisotopic (exact) mass is 482 g/mol. The van der Waals surface area contributed by atoms with Gasteiger partial charge in [-0.05, 0) is 30.7 Å². The summed E-state index contributed by atoms with van der Waals surface area (Å²) in [6.45, 7) is 0. The zero-order chi connectivity index (χ0) is 24.3. The minimum absolute atomic E-state index is 0.0912. The number of fused-ring (bicyclic) bond motifs is 4. The smallest absolute Gasteiger partial charge is 0.319 e. The number of amides is 3. The van der Waals surface area contributed by atoms with E-state index in [-0.39, 0.29) is 24.0 Å². The molecule has 0 spiro atoms. The summed E-state index contributed by atoms with van der Waals surface area (Å²) < 4.78 is 52.2. The van der Waals surface area contributed by atoms with Gasteiger partial charge >= 0.3 is 6.03 Å². The Hall–Kier alpha value is -4.28. The first-order valence-electron chi connectivity index (χ1n) is 10.9. The van der Waals surface area contributed by atoms with Crippen LogP contribution in [0.5, 0.6) is 17.2 Å². The van der Waals surface area contributed by atoms with Gasteiger partial charge in [-0.1, -0.05) is 0 Å². The van der Waals surface area contributed by atoms with Gasteiger partial charge in [-0.2, -0.15) is 0 Å². The molecule has 178 valence electrons. The lowest BCUT2D eigenvalue weighted by atomic mass is 10.1. The Bertz CT molecular complexity index is 1400. The molecule has 3 aliphatic rings. The Morgan fingerprint density at radius 3 is 2.77 bits per heavy atom. The van der Waals surface area contributed by atoms with Crippen molar-refractivity contribution < 1.29 is 32.2 Å². The molecule has 35 heavy (non-hydrogen) atoms. The summed E-state index contributed by atoms with van der Waals surface area (Å²) >= 11 is 0. The molecule has 0 bridgehead atoms. The number of benzene rings is 2. The second kappa shape index (κ2) is 7.90. The number of hydrogen-bond donors (Lipinski definition) is 3. The van der Waals surface area contributed by atoms with Crippen molar-refractivity contribution in [2.45, 2.75) is 30.9 Å². The second-order valence-electron chi connectivity index (χ2n) is 8.46. The average Bonchev–Trinajstić information content (AvgIpc) is 3.33. The second-order valence-corrected chi connectivity index (χ2v) is 8.46. The van der Waals surface area contributed by atoms with Crippen molar-refractivity contribution in [2.75, 3.05) is 10.6 Å². The average molecular weight is 482 g/mol. The number of aromatic nitrogens is 1. The first kappa shape index (κ1) is 21.3. The van der Waals surface area contributed by atoms with Gasteiger partial charge in [0, 0.05) is 35.9 Å². The maximum Gasteiger partial charge on any atom is 0.319 e. The topological polar surface area (TPSA) is 102 Å². The Morgan fingerprint density at radius 1 is 1.09 bits per heavy atom. The van der Waals surface area contributed by atoms with Crippen LogP contribution in [0, 0.1) is 17.5 Å².